The fraction of sp³-hybridized carbons (Fsp3) is 0.200. The number of thioether (sulfide) groups is 1. The summed E-state index contributed by atoms with van der Waals surface area (Å²) in [4.78, 5) is 32.8. The van der Waals surface area contributed by atoms with Crippen molar-refractivity contribution in [3.63, 3.8) is 0 Å². The van der Waals surface area contributed by atoms with Crippen molar-refractivity contribution in [3.8, 4) is 5.69 Å². The van der Waals surface area contributed by atoms with Gasteiger partial charge in [-0.15, -0.1) is 10.2 Å². The fourth-order valence-corrected chi connectivity index (χ4v) is 5.09. The van der Waals surface area contributed by atoms with Crippen LogP contribution in [-0.4, -0.2) is 57.9 Å². The zero-order valence-corrected chi connectivity index (χ0v) is 23.1. The van der Waals surface area contributed by atoms with E-state index in [-0.39, 0.29) is 16.4 Å². The number of esters is 1. The lowest BCUT2D eigenvalue weighted by Crippen LogP contribution is -2.21. The Morgan fingerprint density at radius 3 is 2.21 bits per heavy atom. The van der Waals surface area contributed by atoms with Crippen molar-refractivity contribution in [2.24, 2.45) is 0 Å². The van der Waals surface area contributed by atoms with Crippen molar-refractivity contribution in [2.75, 3.05) is 22.9 Å². The number of aryl methyl sites for hydroxylation is 3. The summed E-state index contributed by atoms with van der Waals surface area (Å²) in [6.07, 6.45) is 1.90. The third kappa shape index (κ3) is 6.78. The first kappa shape index (κ1) is 27.7. The molecule has 0 atom stereocenters. The number of hydrogen-bond donors (Lipinski definition) is 2. The lowest BCUT2D eigenvalue weighted by molar-refractivity contribution is -0.119. The van der Waals surface area contributed by atoms with E-state index in [2.05, 4.69) is 30.2 Å². The number of carbonyl (C=O) groups is 2. The standard InChI is InChI=1S/C25H25N7O5S2/c1-15-13-16(2)27-24(26-15)31-39(35,36)21-11-7-19(8-12-21)28-22(33)14-37-23(34)18-5-9-20(10-6-18)32-17(3)29-30-25(32)38-4/h5-13H,14H2,1-4H3,(H,28,33)(H,26,27,31). The number of sulfonamides is 1. The Hall–Kier alpha value is -4.30. The maximum Gasteiger partial charge on any atom is 0.338 e. The van der Waals surface area contributed by atoms with Crippen molar-refractivity contribution in [1.82, 2.24) is 24.7 Å². The Labute approximate surface area is 229 Å². The van der Waals surface area contributed by atoms with Crippen molar-refractivity contribution < 1.29 is 22.7 Å². The molecule has 4 rings (SSSR count). The van der Waals surface area contributed by atoms with Gasteiger partial charge in [0.1, 0.15) is 5.82 Å². The first-order chi connectivity index (χ1) is 18.6. The average Bonchev–Trinajstić information content (AvgIpc) is 3.27. The lowest BCUT2D eigenvalue weighted by Gasteiger charge is -2.10. The van der Waals surface area contributed by atoms with Crippen LogP contribution < -0.4 is 10.0 Å². The summed E-state index contributed by atoms with van der Waals surface area (Å²) in [5, 5.41) is 11.4. The Morgan fingerprint density at radius 1 is 0.949 bits per heavy atom. The molecule has 0 bridgehead atoms. The van der Waals surface area contributed by atoms with Crippen LogP contribution in [0.15, 0.2) is 64.6 Å². The van der Waals surface area contributed by atoms with Crippen LogP contribution in [0, 0.1) is 20.8 Å². The minimum Gasteiger partial charge on any atom is -0.452 e. The third-order valence-electron chi connectivity index (χ3n) is 5.33. The molecule has 4 aromatic rings. The second-order valence-corrected chi connectivity index (χ2v) is 10.8. The second-order valence-electron chi connectivity index (χ2n) is 8.34. The van der Waals surface area contributed by atoms with E-state index in [1.807, 2.05) is 17.7 Å². The summed E-state index contributed by atoms with van der Waals surface area (Å²) in [6, 6.07) is 13.9. The molecule has 0 aliphatic heterocycles. The maximum atomic E-state index is 12.7. The average molecular weight is 568 g/mol. The number of rotatable bonds is 9. The van der Waals surface area contributed by atoms with Crippen LogP contribution in [0.4, 0.5) is 11.6 Å². The van der Waals surface area contributed by atoms with E-state index in [1.54, 1.807) is 44.2 Å². The Kier molecular flexibility index (Phi) is 8.26. The highest BCUT2D eigenvalue weighted by atomic mass is 32.2. The van der Waals surface area contributed by atoms with E-state index in [0.29, 0.717) is 22.9 Å². The van der Waals surface area contributed by atoms with Crippen LogP contribution in [0.5, 0.6) is 0 Å². The summed E-state index contributed by atoms with van der Waals surface area (Å²) in [6.45, 7) is 4.78. The van der Waals surface area contributed by atoms with E-state index in [1.165, 1.54) is 36.0 Å². The number of nitrogens with one attached hydrogen (secondary N) is 2. The Bertz CT molecular complexity index is 1600. The smallest absolute Gasteiger partial charge is 0.338 e. The molecule has 39 heavy (non-hydrogen) atoms. The minimum atomic E-state index is -3.93. The monoisotopic (exact) mass is 567 g/mol. The molecular weight excluding hydrogens is 542 g/mol. The van der Waals surface area contributed by atoms with Gasteiger partial charge in [-0.1, -0.05) is 11.8 Å². The maximum absolute atomic E-state index is 12.7. The molecule has 14 heteroatoms. The van der Waals surface area contributed by atoms with Gasteiger partial charge in [0.05, 0.1) is 10.5 Å². The molecule has 0 saturated carbocycles. The fourth-order valence-electron chi connectivity index (χ4n) is 3.60. The number of ether oxygens (including phenoxy) is 1. The number of nitrogens with zero attached hydrogens (tertiary/aromatic N) is 5. The molecule has 0 spiro atoms. The van der Waals surface area contributed by atoms with Gasteiger partial charge in [-0.25, -0.2) is 27.9 Å². The highest BCUT2D eigenvalue weighted by Crippen LogP contribution is 2.21. The van der Waals surface area contributed by atoms with Gasteiger partial charge in [-0.2, -0.15) is 0 Å². The molecule has 1 amide bonds. The van der Waals surface area contributed by atoms with Crippen molar-refractivity contribution in [2.45, 2.75) is 30.8 Å². The number of hydrogen-bond acceptors (Lipinski definition) is 10. The molecule has 0 radical (unpaired) electrons. The molecule has 2 N–H and O–H groups in total. The first-order valence-corrected chi connectivity index (χ1v) is 14.2. The molecule has 0 fully saturated rings. The molecule has 2 aromatic carbocycles. The van der Waals surface area contributed by atoms with Crippen molar-refractivity contribution in [1.29, 1.82) is 0 Å². The highest BCUT2D eigenvalue weighted by Gasteiger charge is 2.17. The summed E-state index contributed by atoms with van der Waals surface area (Å²) in [5.41, 5.74) is 2.65. The van der Waals surface area contributed by atoms with E-state index in [4.69, 9.17) is 4.74 Å². The van der Waals surface area contributed by atoms with Gasteiger partial charge in [-0.3, -0.25) is 9.36 Å². The zero-order chi connectivity index (χ0) is 28.2. The third-order valence-corrected chi connectivity index (χ3v) is 7.30. The van der Waals surface area contributed by atoms with E-state index in [0.717, 1.165) is 10.8 Å². The SMILES string of the molecule is CSc1nnc(C)n1-c1ccc(C(=O)OCC(=O)Nc2ccc(S(=O)(=O)Nc3nc(C)cc(C)n3)cc2)cc1. The molecule has 0 saturated heterocycles. The van der Waals surface area contributed by atoms with E-state index < -0.39 is 28.5 Å². The molecule has 2 aromatic heterocycles. The van der Waals surface area contributed by atoms with Gasteiger partial charge >= 0.3 is 5.97 Å². The molecule has 2 heterocycles. The van der Waals surface area contributed by atoms with Gasteiger partial charge < -0.3 is 10.1 Å². The largest absolute Gasteiger partial charge is 0.452 e. The number of anilines is 2. The molecule has 12 nitrogen and oxygen atoms in total. The number of aromatic nitrogens is 5. The van der Waals surface area contributed by atoms with Crippen LogP contribution in [0.25, 0.3) is 5.69 Å². The normalized spacial score (nSPS) is 11.2. The minimum absolute atomic E-state index is 0.0279. The van der Waals surface area contributed by atoms with Gasteiger partial charge in [0, 0.05) is 22.8 Å². The molecule has 0 unspecified atom stereocenters. The van der Waals surface area contributed by atoms with E-state index in [9.17, 15) is 18.0 Å². The van der Waals surface area contributed by atoms with Crippen LogP contribution >= 0.6 is 11.8 Å². The highest BCUT2D eigenvalue weighted by molar-refractivity contribution is 7.98. The second kappa shape index (κ2) is 11.6. The van der Waals surface area contributed by atoms with Gasteiger partial charge in [-0.05, 0) is 81.6 Å². The van der Waals surface area contributed by atoms with Crippen LogP contribution in [-0.2, 0) is 19.6 Å². The molecule has 0 aliphatic rings. The molecule has 0 aliphatic carbocycles. The predicted octanol–water partition coefficient (Wildman–Crippen LogP) is 3.30. The van der Waals surface area contributed by atoms with Gasteiger partial charge in [0.2, 0.25) is 5.95 Å². The summed E-state index contributed by atoms with van der Waals surface area (Å²) in [5.74, 6) is -0.561. The lowest BCUT2D eigenvalue weighted by atomic mass is 10.2. The van der Waals surface area contributed by atoms with Gasteiger partial charge in [0.25, 0.3) is 15.9 Å². The predicted molar refractivity (Wildman–Crippen MR) is 146 cm³/mol. The van der Waals surface area contributed by atoms with Crippen LogP contribution in [0.2, 0.25) is 0 Å². The Morgan fingerprint density at radius 2 is 1.59 bits per heavy atom. The Balaban J connectivity index is 1.32. The topological polar surface area (TPSA) is 158 Å². The van der Waals surface area contributed by atoms with E-state index >= 15 is 0 Å². The number of carbonyl (C=O) groups excluding carboxylic acids is 2. The number of benzene rings is 2. The summed E-state index contributed by atoms with van der Waals surface area (Å²) >= 11 is 1.45. The van der Waals surface area contributed by atoms with Crippen LogP contribution in [0.3, 0.4) is 0 Å². The van der Waals surface area contributed by atoms with Crippen LogP contribution in [0.1, 0.15) is 27.6 Å². The van der Waals surface area contributed by atoms with Crippen molar-refractivity contribution in [3.05, 3.63) is 77.4 Å². The number of amides is 1. The van der Waals surface area contributed by atoms with Gasteiger partial charge in [0.15, 0.2) is 11.8 Å². The first-order valence-electron chi connectivity index (χ1n) is 11.5. The summed E-state index contributed by atoms with van der Waals surface area (Å²) in [7, 11) is -3.93. The quantitative estimate of drug-likeness (QED) is 0.227. The molecule has 202 valence electrons. The summed E-state index contributed by atoms with van der Waals surface area (Å²) < 4.78 is 34.6. The zero-order valence-electron chi connectivity index (χ0n) is 21.5. The molecular formula is C25H25N7O5S2. The van der Waals surface area contributed by atoms with Crippen molar-refractivity contribution >= 4 is 45.3 Å².